The number of carbonyl (C=O) groups excluding carboxylic acids is 4. The van der Waals surface area contributed by atoms with Crippen molar-refractivity contribution in [2.75, 3.05) is 22.1 Å². The topological polar surface area (TPSA) is 114 Å². The Labute approximate surface area is 230 Å². The van der Waals surface area contributed by atoms with Crippen molar-refractivity contribution >= 4 is 52.4 Å². The van der Waals surface area contributed by atoms with Gasteiger partial charge in [0.25, 0.3) is 17.7 Å². The maximum atomic E-state index is 13.0. The maximum absolute atomic E-state index is 13.0. The Morgan fingerprint density at radius 3 is 2.03 bits per heavy atom. The van der Waals surface area contributed by atoms with Crippen molar-refractivity contribution in [1.29, 1.82) is 0 Å². The summed E-state index contributed by atoms with van der Waals surface area (Å²) in [4.78, 5) is 51.2. The van der Waals surface area contributed by atoms with E-state index in [2.05, 4.69) is 10.6 Å². The van der Waals surface area contributed by atoms with Gasteiger partial charge >= 0.3 is 5.97 Å². The van der Waals surface area contributed by atoms with Gasteiger partial charge in [0.15, 0.2) is 0 Å². The van der Waals surface area contributed by atoms with E-state index in [9.17, 15) is 19.2 Å². The average molecular weight is 548 g/mol. The number of hydrogen-bond donors (Lipinski definition) is 2. The highest BCUT2D eigenvalue weighted by molar-refractivity contribution is 6.53. The fourth-order valence-electron chi connectivity index (χ4n) is 3.75. The number of esters is 1. The molecule has 0 saturated carbocycles. The molecule has 4 rings (SSSR count). The molecule has 1 heterocycles. The normalized spacial score (nSPS) is 13.1. The van der Waals surface area contributed by atoms with E-state index in [1.54, 1.807) is 55.5 Å². The molecule has 0 saturated heterocycles. The van der Waals surface area contributed by atoms with Gasteiger partial charge in [-0.1, -0.05) is 11.6 Å². The highest BCUT2D eigenvalue weighted by atomic mass is 35.5. The minimum atomic E-state index is -0.700. The lowest BCUT2D eigenvalue weighted by molar-refractivity contribution is -0.120. The van der Waals surface area contributed by atoms with Crippen molar-refractivity contribution in [2.24, 2.45) is 0 Å². The Morgan fingerprint density at radius 1 is 0.846 bits per heavy atom. The SMILES string of the molecule is CCOC(=O)c1ccc(N2C(=O)C(Cl)=C(Nc3ccc(C(=O)Nc4ccc(OC(C)C)cc4)cc3)C2=O)cc1. The molecule has 3 amide bonds. The van der Waals surface area contributed by atoms with E-state index in [4.69, 9.17) is 21.1 Å². The lowest BCUT2D eigenvalue weighted by atomic mass is 10.2. The van der Waals surface area contributed by atoms with Crippen LogP contribution in [0.25, 0.3) is 0 Å². The molecule has 3 aromatic rings. The number of halogens is 1. The standard InChI is InChI=1S/C29H26ClN3O6/c1-4-38-29(37)19-7-13-22(14-8-19)33-27(35)24(30)25(28(33)36)31-20-9-5-18(6-10-20)26(34)32-21-11-15-23(16-12-21)39-17(2)3/h5-17,31H,4H2,1-3H3,(H,32,34). The van der Waals surface area contributed by atoms with E-state index < -0.39 is 17.8 Å². The number of rotatable bonds is 9. The molecule has 0 spiro atoms. The van der Waals surface area contributed by atoms with Crippen LogP contribution >= 0.6 is 11.6 Å². The van der Waals surface area contributed by atoms with Gasteiger partial charge in [0.1, 0.15) is 16.5 Å². The minimum absolute atomic E-state index is 0.0493. The predicted octanol–water partition coefficient (Wildman–Crippen LogP) is 5.34. The third kappa shape index (κ3) is 6.27. The van der Waals surface area contributed by atoms with Crippen LogP contribution in [0.1, 0.15) is 41.5 Å². The molecule has 1 aliphatic heterocycles. The van der Waals surface area contributed by atoms with Crippen LogP contribution in [0.3, 0.4) is 0 Å². The summed E-state index contributed by atoms with van der Waals surface area (Å²) < 4.78 is 10.6. The molecule has 3 aromatic carbocycles. The Bertz CT molecular complexity index is 1430. The van der Waals surface area contributed by atoms with Gasteiger partial charge < -0.3 is 20.1 Å². The van der Waals surface area contributed by atoms with E-state index >= 15 is 0 Å². The second-order valence-corrected chi connectivity index (χ2v) is 9.13. The van der Waals surface area contributed by atoms with Crippen LogP contribution in [0.2, 0.25) is 0 Å². The molecule has 1 aliphatic rings. The zero-order valence-electron chi connectivity index (χ0n) is 21.5. The number of anilines is 3. The highest BCUT2D eigenvalue weighted by Gasteiger charge is 2.39. The van der Waals surface area contributed by atoms with Crippen molar-refractivity contribution < 1.29 is 28.7 Å². The zero-order chi connectivity index (χ0) is 28.1. The van der Waals surface area contributed by atoms with E-state index in [0.29, 0.717) is 28.3 Å². The average Bonchev–Trinajstić information content (AvgIpc) is 3.13. The van der Waals surface area contributed by atoms with Crippen molar-refractivity contribution in [1.82, 2.24) is 0 Å². The Hall–Kier alpha value is -4.63. The second kappa shape index (κ2) is 11.8. The number of nitrogens with zero attached hydrogens (tertiary/aromatic N) is 1. The molecule has 0 bridgehead atoms. The molecule has 200 valence electrons. The molecule has 0 unspecified atom stereocenters. The fourth-order valence-corrected chi connectivity index (χ4v) is 3.96. The third-order valence-corrected chi connectivity index (χ3v) is 5.91. The Kier molecular flexibility index (Phi) is 8.31. The summed E-state index contributed by atoms with van der Waals surface area (Å²) >= 11 is 6.21. The highest BCUT2D eigenvalue weighted by Crippen LogP contribution is 2.30. The van der Waals surface area contributed by atoms with Crippen molar-refractivity contribution in [3.63, 3.8) is 0 Å². The number of nitrogens with one attached hydrogen (secondary N) is 2. The van der Waals surface area contributed by atoms with Gasteiger partial charge in [-0.3, -0.25) is 14.4 Å². The molecule has 0 aliphatic carbocycles. The quantitative estimate of drug-likeness (QED) is 0.274. The van der Waals surface area contributed by atoms with E-state index in [1.165, 1.54) is 24.3 Å². The molecule has 2 N–H and O–H groups in total. The lowest BCUT2D eigenvalue weighted by Crippen LogP contribution is -2.32. The van der Waals surface area contributed by atoms with Crippen LogP contribution < -0.4 is 20.3 Å². The summed E-state index contributed by atoms with van der Waals surface area (Å²) in [5.41, 5.74) is 1.90. The van der Waals surface area contributed by atoms with Gasteiger partial charge in [0, 0.05) is 16.9 Å². The fraction of sp³-hybridized carbons (Fsp3) is 0.172. The minimum Gasteiger partial charge on any atom is -0.491 e. The number of carbonyl (C=O) groups is 4. The number of amides is 3. The lowest BCUT2D eigenvalue weighted by Gasteiger charge is -2.15. The van der Waals surface area contributed by atoms with Gasteiger partial charge in [0.2, 0.25) is 0 Å². The van der Waals surface area contributed by atoms with Crippen LogP contribution in [0, 0.1) is 0 Å². The molecular formula is C29H26ClN3O6. The third-order valence-electron chi connectivity index (χ3n) is 5.56. The molecule has 39 heavy (non-hydrogen) atoms. The summed E-state index contributed by atoms with van der Waals surface area (Å²) in [6, 6.07) is 19.3. The molecular weight excluding hydrogens is 522 g/mol. The van der Waals surface area contributed by atoms with Crippen LogP contribution in [0.4, 0.5) is 17.1 Å². The van der Waals surface area contributed by atoms with Crippen LogP contribution in [-0.4, -0.2) is 36.4 Å². The van der Waals surface area contributed by atoms with E-state index in [-0.39, 0.29) is 35.0 Å². The van der Waals surface area contributed by atoms with Gasteiger partial charge in [-0.15, -0.1) is 0 Å². The van der Waals surface area contributed by atoms with Crippen LogP contribution in [0.5, 0.6) is 5.75 Å². The molecule has 0 aromatic heterocycles. The molecule has 0 fully saturated rings. The summed E-state index contributed by atoms with van der Waals surface area (Å²) in [7, 11) is 0. The first-order valence-electron chi connectivity index (χ1n) is 12.2. The summed E-state index contributed by atoms with van der Waals surface area (Å²) in [6.07, 6.45) is 0.0493. The number of hydrogen-bond acceptors (Lipinski definition) is 7. The molecule has 0 atom stereocenters. The number of ether oxygens (including phenoxy) is 2. The van der Waals surface area contributed by atoms with Crippen LogP contribution in [0.15, 0.2) is 83.5 Å². The smallest absolute Gasteiger partial charge is 0.338 e. The maximum Gasteiger partial charge on any atom is 0.338 e. The zero-order valence-corrected chi connectivity index (χ0v) is 22.2. The first-order valence-corrected chi connectivity index (χ1v) is 12.6. The molecule has 9 nitrogen and oxygen atoms in total. The van der Waals surface area contributed by atoms with E-state index in [0.717, 1.165) is 4.90 Å². The number of imide groups is 1. The summed E-state index contributed by atoms with van der Waals surface area (Å²) in [5, 5.41) is 5.41. The monoisotopic (exact) mass is 547 g/mol. The Morgan fingerprint density at radius 2 is 1.44 bits per heavy atom. The van der Waals surface area contributed by atoms with E-state index in [1.807, 2.05) is 13.8 Å². The van der Waals surface area contributed by atoms with Gasteiger partial charge in [-0.25, -0.2) is 9.69 Å². The van der Waals surface area contributed by atoms with Crippen molar-refractivity contribution in [3.8, 4) is 5.75 Å². The largest absolute Gasteiger partial charge is 0.491 e. The summed E-state index contributed by atoms with van der Waals surface area (Å²) in [6.45, 7) is 5.79. The Balaban J connectivity index is 1.41. The van der Waals surface area contributed by atoms with Crippen LogP contribution in [-0.2, 0) is 14.3 Å². The van der Waals surface area contributed by atoms with Crippen molar-refractivity contribution in [2.45, 2.75) is 26.9 Å². The van der Waals surface area contributed by atoms with Gasteiger partial charge in [-0.2, -0.15) is 0 Å². The summed E-state index contributed by atoms with van der Waals surface area (Å²) in [5.74, 6) is -1.47. The van der Waals surface area contributed by atoms with Gasteiger partial charge in [-0.05, 0) is 93.6 Å². The van der Waals surface area contributed by atoms with Crippen molar-refractivity contribution in [3.05, 3.63) is 94.7 Å². The molecule has 0 radical (unpaired) electrons. The first-order chi connectivity index (χ1) is 18.7. The first kappa shape index (κ1) is 27.4. The molecule has 10 heteroatoms. The predicted molar refractivity (Wildman–Crippen MR) is 148 cm³/mol. The number of benzene rings is 3. The van der Waals surface area contributed by atoms with Gasteiger partial charge in [0.05, 0.1) is 24.0 Å². The second-order valence-electron chi connectivity index (χ2n) is 8.75.